The van der Waals surface area contributed by atoms with E-state index in [1.807, 2.05) is 0 Å². The lowest BCUT2D eigenvalue weighted by molar-refractivity contribution is -0.139. The van der Waals surface area contributed by atoms with Crippen LogP contribution in [0.4, 0.5) is 24.5 Å². The number of hydrogen-bond acceptors (Lipinski definition) is 4. The number of ether oxygens (including phenoxy) is 1. The van der Waals surface area contributed by atoms with Crippen LogP contribution in [-0.2, 0) is 16.2 Å². The van der Waals surface area contributed by atoms with Gasteiger partial charge in [0.25, 0.3) is 15.9 Å². The predicted molar refractivity (Wildman–Crippen MR) is 110 cm³/mol. The van der Waals surface area contributed by atoms with Gasteiger partial charge in [-0.3, -0.25) is 9.52 Å². The topological polar surface area (TPSA) is 84.5 Å². The van der Waals surface area contributed by atoms with Crippen LogP contribution in [0.1, 0.15) is 15.9 Å². The maximum absolute atomic E-state index is 13.1. The Kier molecular flexibility index (Phi) is 6.21. The second-order valence-corrected chi connectivity index (χ2v) is 7.98. The Hall–Kier alpha value is -3.53. The fourth-order valence-electron chi connectivity index (χ4n) is 2.78. The van der Waals surface area contributed by atoms with Crippen LogP contribution in [-0.4, -0.2) is 21.4 Å². The summed E-state index contributed by atoms with van der Waals surface area (Å²) < 4.78 is 71.7. The largest absolute Gasteiger partial charge is 0.495 e. The number of carbonyl (C=O) groups excluding carboxylic acids is 1. The quantitative estimate of drug-likeness (QED) is 0.567. The van der Waals surface area contributed by atoms with Gasteiger partial charge in [0.15, 0.2) is 0 Å². The van der Waals surface area contributed by atoms with Crippen LogP contribution >= 0.6 is 0 Å². The fraction of sp³-hybridized carbons (Fsp3) is 0.0952. The van der Waals surface area contributed by atoms with Crippen LogP contribution in [0.3, 0.4) is 0 Å². The van der Waals surface area contributed by atoms with E-state index >= 15 is 0 Å². The van der Waals surface area contributed by atoms with Gasteiger partial charge in [0.2, 0.25) is 0 Å². The van der Waals surface area contributed by atoms with Gasteiger partial charge < -0.3 is 10.1 Å². The molecule has 0 unspecified atom stereocenters. The Bertz CT molecular complexity index is 1190. The molecule has 2 N–H and O–H groups in total. The lowest BCUT2D eigenvalue weighted by Crippen LogP contribution is -2.19. The first-order valence-electron chi connectivity index (χ1n) is 8.85. The average Bonchev–Trinajstić information content (AvgIpc) is 2.74. The molecule has 0 saturated heterocycles. The second-order valence-electron chi connectivity index (χ2n) is 6.33. The van der Waals surface area contributed by atoms with Crippen molar-refractivity contribution in [1.82, 2.24) is 0 Å². The third kappa shape index (κ3) is 5.15. The van der Waals surface area contributed by atoms with E-state index in [2.05, 4.69) is 10.0 Å². The number of hydrogen-bond donors (Lipinski definition) is 2. The van der Waals surface area contributed by atoms with Gasteiger partial charge in [0.1, 0.15) is 5.75 Å². The molecule has 31 heavy (non-hydrogen) atoms. The summed E-state index contributed by atoms with van der Waals surface area (Å²) in [5.74, 6) is -0.00937. The third-order valence-corrected chi connectivity index (χ3v) is 5.68. The molecular weight excluding hydrogens is 433 g/mol. The van der Waals surface area contributed by atoms with Crippen molar-refractivity contribution in [2.75, 3.05) is 17.1 Å². The van der Waals surface area contributed by atoms with Crippen LogP contribution in [0.15, 0.2) is 77.7 Å². The number of sulfonamides is 1. The number of carbonyl (C=O) groups is 1. The number of methoxy groups -OCH3 is 1. The molecule has 162 valence electrons. The monoisotopic (exact) mass is 450 g/mol. The van der Waals surface area contributed by atoms with E-state index in [0.717, 1.165) is 12.1 Å². The molecule has 0 fully saturated rings. The van der Waals surface area contributed by atoms with Crippen molar-refractivity contribution in [3.8, 4) is 5.75 Å². The molecule has 3 aromatic rings. The molecule has 6 nitrogen and oxygen atoms in total. The van der Waals surface area contributed by atoms with Crippen molar-refractivity contribution >= 4 is 27.3 Å². The zero-order chi connectivity index (χ0) is 22.6. The lowest BCUT2D eigenvalue weighted by atomic mass is 10.2. The molecule has 0 atom stereocenters. The summed E-state index contributed by atoms with van der Waals surface area (Å²) in [5, 5.41) is 2.67. The van der Waals surface area contributed by atoms with Crippen molar-refractivity contribution in [3.05, 3.63) is 83.9 Å². The summed E-state index contributed by atoms with van der Waals surface area (Å²) in [5.41, 5.74) is -0.603. The lowest BCUT2D eigenvalue weighted by Gasteiger charge is -2.14. The maximum atomic E-state index is 13.1. The first kappa shape index (κ1) is 22.2. The van der Waals surface area contributed by atoms with Gasteiger partial charge in [0, 0.05) is 11.3 Å². The molecule has 0 bridgehead atoms. The minimum atomic E-state index is -4.83. The summed E-state index contributed by atoms with van der Waals surface area (Å²) in [4.78, 5) is 11.5. The van der Waals surface area contributed by atoms with Crippen LogP contribution in [0.2, 0.25) is 0 Å². The van der Waals surface area contributed by atoms with Gasteiger partial charge in [-0.15, -0.1) is 0 Å². The number of rotatable bonds is 6. The molecule has 0 saturated carbocycles. The molecule has 0 aliphatic carbocycles. The number of benzene rings is 3. The van der Waals surface area contributed by atoms with Gasteiger partial charge in [-0.1, -0.05) is 24.3 Å². The van der Waals surface area contributed by atoms with Gasteiger partial charge in [-0.25, -0.2) is 8.42 Å². The third-order valence-electron chi connectivity index (χ3n) is 4.24. The molecule has 0 radical (unpaired) electrons. The molecule has 0 spiro atoms. The number of halogens is 3. The summed E-state index contributed by atoms with van der Waals surface area (Å²) in [6.07, 6.45) is -4.83. The predicted octanol–water partition coefficient (Wildman–Crippen LogP) is 4.77. The molecule has 3 rings (SSSR count). The molecule has 0 heterocycles. The SMILES string of the molecule is COc1ccccc1NC(=O)c1ccc(NS(=O)(=O)c2ccccc2C(F)(F)F)cc1. The van der Waals surface area contributed by atoms with Crippen molar-refractivity contribution in [2.45, 2.75) is 11.1 Å². The number of amides is 1. The van der Waals surface area contributed by atoms with Crippen LogP contribution in [0, 0.1) is 0 Å². The van der Waals surface area contributed by atoms with Gasteiger partial charge in [-0.05, 0) is 48.5 Å². The van der Waals surface area contributed by atoms with E-state index in [4.69, 9.17) is 4.74 Å². The van der Waals surface area contributed by atoms with Crippen molar-refractivity contribution in [2.24, 2.45) is 0 Å². The highest BCUT2D eigenvalue weighted by Gasteiger charge is 2.36. The minimum Gasteiger partial charge on any atom is -0.495 e. The Morgan fingerprint density at radius 3 is 2.16 bits per heavy atom. The zero-order valence-electron chi connectivity index (χ0n) is 16.1. The Morgan fingerprint density at radius 1 is 0.903 bits per heavy atom. The summed E-state index contributed by atoms with van der Waals surface area (Å²) in [6, 6.07) is 15.9. The molecule has 0 aromatic heterocycles. The van der Waals surface area contributed by atoms with Crippen molar-refractivity contribution in [1.29, 1.82) is 0 Å². The van der Waals surface area contributed by atoms with E-state index in [9.17, 15) is 26.4 Å². The zero-order valence-corrected chi connectivity index (χ0v) is 16.9. The molecule has 1 amide bonds. The number of para-hydroxylation sites is 2. The molecule has 0 aliphatic heterocycles. The first-order valence-corrected chi connectivity index (χ1v) is 10.3. The molecule has 10 heteroatoms. The summed E-state index contributed by atoms with van der Waals surface area (Å²) in [6.45, 7) is 0. The van der Waals surface area contributed by atoms with E-state index in [1.54, 1.807) is 24.3 Å². The molecule has 0 aliphatic rings. The first-order chi connectivity index (χ1) is 14.6. The highest BCUT2D eigenvalue weighted by atomic mass is 32.2. The van der Waals surface area contributed by atoms with E-state index in [-0.39, 0.29) is 11.3 Å². The van der Waals surface area contributed by atoms with E-state index in [1.165, 1.54) is 37.4 Å². The number of alkyl halides is 3. The van der Waals surface area contributed by atoms with E-state index < -0.39 is 32.6 Å². The van der Waals surface area contributed by atoms with Gasteiger partial charge in [0.05, 0.1) is 23.3 Å². The summed E-state index contributed by atoms with van der Waals surface area (Å²) in [7, 11) is -3.04. The van der Waals surface area contributed by atoms with Crippen molar-refractivity contribution < 1.29 is 31.1 Å². The van der Waals surface area contributed by atoms with Gasteiger partial charge in [-0.2, -0.15) is 13.2 Å². The van der Waals surface area contributed by atoms with Crippen LogP contribution < -0.4 is 14.8 Å². The standard InChI is InChI=1S/C21H17F3N2O4S/c1-30-18-8-4-3-7-17(18)25-20(27)14-10-12-15(13-11-14)26-31(28,29)19-9-5-2-6-16(19)21(22,23)24/h2-13,26H,1H3,(H,25,27). The van der Waals surface area contributed by atoms with Gasteiger partial charge >= 0.3 is 6.18 Å². The van der Waals surface area contributed by atoms with E-state index in [0.29, 0.717) is 17.5 Å². The molecule has 3 aromatic carbocycles. The summed E-state index contributed by atoms with van der Waals surface area (Å²) >= 11 is 0. The van der Waals surface area contributed by atoms with Crippen LogP contribution in [0.5, 0.6) is 5.75 Å². The van der Waals surface area contributed by atoms with Crippen LogP contribution in [0.25, 0.3) is 0 Å². The Labute approximate surface area is 176 Å². The maximum Gasteiger partial charge on any atom is 0.417 e. The second kappa shape index (κ2) is 8.68. The highest BCUT2D eigenvalue weighted by Crippen LogP contribution is 2.34. The Morgan fingerprint density at radius 2 is 1.52 bits per heavy atom. The Balaban J connectivity index is 1.79. The molecular formula is C21H17F3N2O4S. The number of anilines is 2. The average molecular weight is 450 g/mol. The highest BCUT2D eigenvalue weighted by molar-refractivity contribution is 7.92. The van der Waals surface area contributed by atoms with Crippen molar-refractivity contribution in [3.63, 3.8) is 0 Å². The normalized spacial score (nSPS) is 11.6. The number of nitrogens with one attached hydrogen (secondary N) is 2. The minimum absolute atomic E-state index is 0.00539. The smallest absolute Gasteiger partial charge is 0.417 e. The fourth-order valence-corrected chi connectivity index (χ4v) is 4.06.